The Labute approximate surface area is 129 Å². The van der Waals surface area contributed by atoms with Gasteiger partial charge in [-0.2, -0.15) is 0 Å². The molecular formula is C18H29N3. The number of anilines is 1. The number of fused-ring (bicyclic) bond motifs is 1. The number of nitrogens with one attached hydrogen (secondary N) is 1. The van der Waals surface area contributed by atoms with Crippen LogP contribution in [-0.4, -0.2) is 36.1 Å². The smallest absolute Gasteiger partial charge is 0.126 e. The van der Waals surface area contributed by atoms with E-state index in [0.29, 0.717) is 0 Å². The van der Waals surface area contributed by atoms with Crippen LogP contribution in [0.25, 0.3) is 0 Å². The first-order valence-electron chi connectivity index (χ1n) is 8.76. The van der Waals surface area contributed by atoms with Crippen molar-refractivity contribution in [3.63, 3.8) is 0 Å². The largest absolute Gasteiger partial charge is 0.370 e. The summed E-state index contributed by atoms with van der Waals surface area (Å²) < 4.78 is 0. The van der Waals surface area contributed by atoms with Crippen molar-refractivity contribution in [1.82, 2.24) is 9.88 Å². The molecule has 1 aromatic heterocycles. The van der Waals surface area contributed by atoms with E-state index in [1.165, 1.54) is 69.2 Å². The molecule has 0 bridgehead atoms. The van der Waals surface area contributed by atoms with E-state index in [0.717, 1.165) is 24.8 Å². The lowest BCUT2D eigenvalue weighted by Gasteiger charge is -2.31. The van der Waals surface area contributed by atoms with Crippen molar-refractivity contribution in [1.29, 1.82) is 0 Å². The van der Waals surface area contributed by atoms with Crippen molar-refractivity contribution < 1.29 is 0 Å². The van der Waals surface area contributed by atoms with Gasteiger partial charge in [0.1, 0.15) is 5.82 Å². The van der Waals surface area contributed by atoms with Crippen LogP contribution < -0.4 is 5.32 Å². The number of aryl methyl sites for hydroxylation is 2. The van der Waals surface area contributed by atoms with Crippen LogP contribution in [-0.2, 0) is 12.8 Å². The third-order valence-corrected chi connectivity index (χ3v) is 5.12. The topological polar surface area (TPSA) is 28.2 Å². The highest BCUT2D eigenvalue weighted by Crippen LogP contribution is 2.22. The molecule has 1 N–H and O–H groups in total. The lowest BCUT2D eigenvalue weighted by atomic mass is 9.94. The SMILES string of the molecule is CN(CCCNc1ccc2c(n1)CCC2)C1CCCCC1. The fraction of sp³-hybridized carbons (Fsp3) is 0.722. The molecule has 21 heavy (non-hydrogen) atoms. The molecule has 0 atom stereocenters. The van der Waals surface area contributed by atoms with Gasteiger partial charge < -0.3 is 10.2 Å². The normalized spacial score (nSPS) is 19.0. The highest BCUT2D eigenvalue weighted by molar-refractivity contribution is 5.40. The highest BCUT2D eigenvalue weighted by Gasteiger charge is 2.17. The molecule has 3 heteroatoms. The molecule has 0 saturated heterocycles. The molecule has 1 fully saturated rings. The van der Waals surface area contributed by atoms with E-state index in [2.05, 4.69) is 29.4 Å². The van der Waals surface area contributed by atoms with Crippen molar-refractivity contribution in [3.8, 4) is 0 Å². The second kappa shape index (κ2) is 7.26. The maximum atomic E-state index is 4.74. The molecule has 3 nitrogen and oxygen atoms in total. The monoisotopic (exact) mass is 287 g/mol. The van der Waals surface area contributed by atoms with Crippen LogP contribution in [0.5, 0.6) is 0 Å². The molecule has 2 aliphatic carbocycles. The van der Waals surface area contributed by atoms with Gasteiger partial charge in [0.25, 0.3) is 0 Å². The zero-order valence-electron chi connectivity index (χ0n) is 13.4. The summed E-state index contributed by atoms with van der Waals surface area (Å²) in [6.07, 6.45) is 11.9. The predicted octanol–water partition coefficient (Wildman–Crippen LogP) is 3.64. The zero-order valence-corrected chi connectivity index (χ0v) is 13.4. The second-order valence-electron chi connectivity index (χ2n) is 6.71. The van der Waals surface area contributed by atoms with Gasteiger partial charge >= 0.3 is 0 Å². The molecule has 1 aromatic rings. The van der Waals surface area contributed by atoms with Gasteiger partial charge in [-0.3, -0.25) is 0 Å². The first kappa shape index (κ1) is 14.8. The molecule has 0 amide bonds. The lowest BCUT2D eigenvalue weighted by Crippen LogP contribution is -2.34. The standard InChI is InChI=1S/C18H29N3/c1-21(16-8-3-2-4-9-16)14-6-13-19-18-12-11-15-7-5-10-17(15)20-18/h11-12,16H,2-10,13-14H2,1H3,(H,19,20). The minimum Gasteiger partial charge on any atom is -0.370 e. The van der Waals surface area contributed by atoms with Crippen molar-refractivity contribution in [2.75, 3.05) is 25.5 Å². The summed E-state index contributed by atoms with van der Waals surface area (Å²) in [5.74, 6) is 1.07. The van der Waals surface area contributed by atoms with Gasteiger partial charge in [0.15, 0.2) is 0 Å². The van der Waals surface area contributed by atoms with Crippen LogP contribution in [0.1, 0.15) is 56.2 Å². The average Bonchev–Trinajstić information content (AvgIpc) is 3.00. The maximum absolute atomic E-state index is 4.74. The fourth-order valence-electron chi connectivity index (χ4n) is 3.77. The molecule has 0 radical (unpaired) electrons. The molecule has 1 saturated carbocycles. The molecule has 1 heterocycles. The van der Waals surface area contributed by atoms with Crippen molar-refractivity contribution in [2.24, 2.45) is 0 Å². The van der Waals surface area contributed by atoms with Gasteiger partial charge in [-0.25, -0.2) is 4.98 Å². The number of hydrogen-bond acceptors (Lipinski definition) is 3. The third-order valence-electron chi connectivity index (χ3n) is 5.12. The Kier molecular flexibility index (Phi) is 5.13. The lowest BCUT2D eigenvalue weighted by molar-refractivity contribution is 0.191. The quantitative estimate of drug-likeness (QED) is 0.810. The van der Waals surface area contributed by atoms with Gasteiger partial charge in [0.05, 0.1) is 0 Å². The number of pyridine rings is 1. The molecule has 0 unspecified atom stereocenters. The maximum Gasteiger partial charge on any atom is 0.126 e. The van der Waals surface area contributed by atoms with E-state index in [-0.39, 0.29) is 0 Å². The first-order valence-corrected chi connectivity index (χ1v) is 8.76. The zero-order chi connectivity index (χ0) is 14.5. The first-order chi connectivity index (χ1) is 10.3. The molecule has 116 valence electrons. The summed E-state index contributed by atoms with van der Waals surface area (Å²) in [5.41, 5.74) is 2.77. The van der Waals surface area contributed by atoms with Crippen molar-refractivity contribution in [2.45, 2.75) is 63.8 Å². The Bertz CT molecular complexity index is 452. The van der Waals surface area contributed by atoms with E-state index in [4.69, 9.17) is 4.98 Å². The van der Waals surface area contributed by atoms with Crippen LogP contribution in [0.4, 0.5) is 5.82 Å². The van der Waals surface area contributed by atoms with Crippen LogP contribution in [0.2, 0.25) is 0 Å². The number of aromatic nitrogens is 1. The third kappa shape index (κ3) is 3.97. The summed E-state index contributed by atoms with van der Waals surface area (Å²) in [5, 5.41) is 3.49. The molecule has 2 aliphatic rings. The second-order valence-corrected chi connectivity index (χ2v) is 6.71. The Morgan fingerprint density at radius 2 is 2.00 bits per heavy atom. The summed E-state index contributed by atoms with van der Waals surface area (Å²) in [4.78, 5) is 7.30. The molecular weight excluding hydrogens is 258 g/mol. The Morgan fingerprint density at radius 1 is 1.14 bits per heavy atom. The Balaban J connectivity index is 1.38. The van der Waals surface area contributed by atoms with Crippen LogP contribution in [0.3, 0.4) is 0 Å². The van der Waals surface area contributed by atoms with Gasteiger partial charge in [0.2, 0.25) is 0 Å². The predicted molar refractivity (Wildman–Crippen MR) is 88.9 cm³/mol. The summed E-state index contributed by atoms with van der Waals surface area (Å²) in [6, 6.07) is 5.23. The van der Waals surface area contributed by atoms with Crippen molar-refractivity contribution in [3.05, 3.63) is 23.4 Å². The van der Waals surface area contributed by atoms with E-state index >= 15 is 0 Å². The van der Waals surface area contributed by atoms with Gasteiger partial charge in [-0.1, -0.05) is 25.3 Å². The molecule has 0 aliphatic heterocycles. The summed E-state index contributed by atoms with van der Waals surface area (Å²) in [7, 11) is 2.30. The number of nitrogens with zero attached hydrogens (tertiary/aromatic N) is 2. The van der Waals surface area contributed by atoms with Crippen LogP contribution in [0.15, 0.2) is 12.1 Å². The summed E-state index contributed by atoms with van der Waals surface area (Å²) in [6.45, 7) is 2.23. The fourth-order valence-corrected chi connectivity index (χ4v) is 3.77. The van der Waals surface area contributed by atoms with Crippen molar-refractivity contribution >= 4 is 5.82 Å². The minimum atomic E-state index is 0.830. The van der Waals surface area contributed by atoms with Gasteiger partial charge in [-0.05, 0) is 63.7 Å². The van der Waals surface area contributed by atoms with Crippen LogP contribution >= 0.6 is 0 Å². The summed E-state index contributed by atoms with van der Waals surface area (Å²) >= 11 is 0. The van der Waals surface area contributed by atoms with E-state index in [1.807, 2.05) is 0 Å². The molecule has 3 rings (SSSR count). The number of rotatable bonds is 6. The Hall–Kier alpha value is -1.09. The Morgan fingerprint density at radius 3 is 2.86 bits per heavy atom. The van der Waals surface area contributed by atoms with Gasteiger partial charge in [-0.15, -0.1) is 0 Å². The van der Waals surface area contributed by atoms with E-state index in [9.17, 15) is 0 Å². The van der Waals surface area contributed by atoms with Crippen LogP contribution in [0, 0.1) is 0 Å². The van der Waals surface area contributed by atoms with E-state index in [1.54, 1.807) is 0 Å². The molecule has 0 spiro atoms. The minimum absolute atomic E-state index is 0.830. The average molecular weight is 287 g/mol. The van der Waals surface area contributed by atoms with Gasteiger partial charge in [0, 0.05) is 18.3 Å². The number of hydrogen-bond donors (Lipinski definition) is 1. The van der Waals surface area contributed by atoms with E-state index < -0.39 is 0 Å². The molecule has 0 aromatic carbocycles. The highest BCUT2D eigenvalue weighted by atomic mass is 15.1.